The van der Waals surface area contributed by atoms with Gasteiger partial charge in [0.2, 0.25) is 23.1 Å². The van der Waals surface area contributed by atoms with E-state index in [-0.39, 0.29) is 17.1 Å². The first-order valence-electron chi connectivity index (χ1n) is 6.36. The fourth-order valence-corrected chi connectivity index (χ4v) is 1.68. The van der Waals surface area contributed by atoms with Crippen molar-refractivity contribution in [2.75, 3.05) is 30.3 Å². The number of carbonyl (C=O) groups excluding carboxylic acids is 1. The minimum Gasteiger partial charge on any atom is -0.354 e. The Hall–Kier alpha value is -1.63. The van der Waals surface area contributed by atoms with Gasteiger partial charge in [-0.15, -0.1) is 0 Å². The van der Waals surface area contributed by atoms with Gasteiger partial charge in [-0.05, 0) is 31.4 Å². The SMILES string of the molecule is CCNc1nc(Cl)nc(NCCNC(=O)C2CC2)n1. The van der Waals surface area contributed by atoms with Crippen molar-refractivity contribution in [1.29, 1.82) is 0 Å². The molecule has 0 aliphatic heterocycles. The van der Waals surface area contributed by atoms with Gasteiger partial charge in [0.15, 0.2) is 0 Å². The first-order chi connectivity index (χ1) is 9.19. The summed E-state index contributed by atoms with van der Waals surface area (Å²) in [4.78, 5) is 23.4. The number of carbonyl (C=O) groups is 1. The highest BCUT2D eigenvalue weighted by atomic mass is 35.5. The van der Waals surface area contributed by atoms with Crippen molar-refractivity contribution in [3.63, 3.8) is 0 Å². The van der Waals surface area contributed by atoms with Gasteiger partial charge in [0.05, 0.1) is 0 Å². The van der Waals surface area contributed by atoms with Gasteiger partial charge >= 0.3 is 0 Å². The zero-order valence-corrected chi connectivity index (χ0v) is 11.5. The fourth-order valence-electron chi connectivity index (χ4n) is 1.52. The van der Waals surface area contributed by atoms with E-state index in [1.807, 2.05) is 6.92 Å². The second-order valence-corrected chi connectivity index (χ2v) is 4.61. The number of halogens is 1. The largest absolute Gasteiger partial charge is 0.354 e. The fraction of sp³-hybridized carbons (Fsp3) is 0.636. The summed E-state index contributed by atoms with van der Waals surface area (Å²) >= 11 is 5.79. The third-order valence-corrected chi connectivity index (χ3v) is 2.77. The summed E-state index contributed by atoms with van der Waals surface area (Å²) in [5.74, 6) is 1.19. The number of hydrogen-bond acceptors (Lipinski definition) is 6. The van der Waals surface area contributed by atoms with Gasteiger partial charge in [-0.3, -0.25) is 4.79 Å². The van der Waals surface area contributed by atoms with Crippen LogP contribution in [0.25, 0.3) is 0 Å². The van der Waals surface area contributed by atoms with E-state index >= 15 is 0 Å². The van der Waals surface area contributed by atoms with Gasteiger partial charge in [0, 0.05) is 25.6 Å². The molecule has 0 spiro atoms. The molecule has 0 unspecified atom stereocenters. The lowest BCUT2D eigenvalue weighted by Crippen LogP contribution is -2.30. The second kappa shape index (κ2) is 6.51. The van der Waals surface area contributed by atoms with Gasteiger partial charge in [-0.2, -0.15) is 15.0 Å². The molecule has 19 heavy (non-hydrogen) atoms. The smallest absolute Gasteiger partial charge is 0.228 e. The van der Waals surface area contributed by atoms with E-state index in [0.29, 0.717) is 31.5 Å². The van der Waals surface area contributed by atoms with Crippen LogP contribution in [0.4, 0.5) is 11.9 Å². The quantitative estimate of drug-likeness (QED) is 0.644. The van der Waals surface area contributed by atoms with Gasteiger partial charge < -0.3 is 16.0 Å². The number of hydrogen-bond donors (Lipinski definition) is 3. The van der Waals surface area contributed by atoms with E-state index in [1.54, 1.807) is 0 Å². The highest BCUT2D eigenvalue weighted by Crippen LogP contribution is 2.28. The van der Waals surface area contributed by atoms with Crippen LogP contribution >= 0.6 is 11.6 Å². The highest BCUT2D eigenvalue weighted by Gasteiger charge is 2.28. The van der Waals surface area contributed by atoms with Crippen LogP contribution in [-0.4, -0.2) is 40.5 Å². The number of nitrogens with one attached hydrogen (secondary N) is 3. The molecule has 1 aromatic heterocycles. The zero-order valence-electron chi connectivity index (χ0n) is 10.7. The average Bonchev–Trinajstić information content (AvgIpc) is 3.18. The van der Waals surface area contributed by atoms with Gasteiger partial charge in [0.25, 0.3) is 0 Å². The first kappa shape index (κ1) is 13.8. The van der Waals surface area contributed by atoms with Crippen molar-refractivity contribution in [3.05, 3.63) is 5.28 Å². The maximum Gasteiger partial charge on any atom is 0.228 e. The molecule has 3 N–H and O–H groups in total. The van der Waals surface area contributed by atoms with Crippen LogP contribution in [0, 0.1) is 5.92 Å². The molecule has 2 rings (SSSR count). The predicted molar refractivity (Wildman–Crippen MR) is 73.2 cm³/mol. The van der Waals surface area contributed by atoms with Crippen molar-refractivity contribution < 1.29 is 4.79 Å². The summed E-state index contributed by atoms with van der Waals surface area (Å²) in [5.41, 5.74) is 0. The van der Waals surface area contributed by atoms with Crippen molar-refractivity contribution in [2.45, 2.75) is 19.8 Å². The number of aromatic nitrogens is 3. The van der Waals surface area contributed by atoms with E-state index in [4.69, 9.17) is 11.6 Å². The maximum atomic E-state index is 11.4. The second-order valence-electron chi connectivity index (χ2n) is 4.27. The molecule has 1 amide bonds. The molecule has 1 saturated carbocycles. The minimum atomic E-state index is 0.129. The molecule has 0 radical (unpaired) electrons. The van der Waals surface area contributed by atoms with E-state index in [0.717, 1.165) is 12.8 Å². The van der Waals surface area contributed by atoms with Gasteiger partial charge in [-0.25, -0.2) is 0 Å². The third kappa shape index (κ3) is 4.51. The molecule has 104 valence electrons. The van der Waals surface area contributed by atoms with Crippen molar-refractivity contribution >= 4 is 29.4 Å². The Morgan fingerprint density at radius 1 is 1.21 bits per heavy atom. The Labute approximate surface area is 116 Å². The lowest BCUT2D eigenvalue weighted by molar-refractivity contribution is -0.122. The molecule has 0 bridgehead atoms. The predicted octanol–water partition coefficient (Wildman–Crippen LogP) is 0.895. The van der Waals surface area contributed by atoms with Crippen molar-refractivity contribution in [2.24, 2.45) is 5.92 Å². The summed E-state index contributed by atoms with van der Waals surface area (Å²) in [5, 5.41) is 8.94. The molecule has 1 heterocycles. The molecule has 8 heteroatoms. The molecule has 0 aromatic carbocycles. The number of nitrogens with zero attached hydrogens (tertiary/aromatic N) is 3. The summed E-state index contributed by atoms with van der Waals surface area (Å²) in [6.45, 7) is 3.73. The van der Waals surface area contributed by atoms with E-state index in [9.17, 15) is 4.79 Å². The normalized spacial score (nSPS) is 14.0. The molecule has 1 aromatic rings. The molecule has 1 aliphatic carbocycles. The Bertz CT molecular complexity index is 451. The van der Waals surface area contributed by atoms with Crippen LogP contribution in [0.2, 0.25) is 5.28 Å². The average molecular weight is 285 g/mol. The van der Waals surface area contributed by atoms with Crippen LogP contribution < -0.4 is 16.0 Å². The zero-order chi connectivity index (χ0) is 13.7. The molecule has 0 saturated heterocycles. The van der Waals surface area contributed by atoms with Crippen LogP contribution in [0.1, 0.15) is 19.8 Å². The monoisotopic (exact) mass is 284 g/mol. The Kier molecular flexibility index (Phi) is 4.73. The first-order valence-corrected chi connectivity index (χ1v) is 6.74. The third-order valence-electron chi connectivity index (χ3n) is 2.60. The molecule has 1 fully saturated rings. The number of anilines is 2. The van der Waals surface area contributed by atoms with Crippen LogP contribution in [0.5, 0.6) is 0 Å². The standard InChI is InChI=1S/C11H17ClN6O/c1-2-13-10-16-9(12)17-11(18-10)15-6-5-14-8(19)7-3-4-7/h7H,2-6H2,1H3,(H,14,19)(H2,13,15,16,17,18). The summed E-state index contributed by atoms with van der Waals surface area (Å²) in [7, 11) is 0. The lowest BCUT2D eigenvalue weighted by Gasteiger charge is -2.08. The lowest BCUT2D eigenvalue weighted by atomic mass is 10.4. The van der Waals surface area contributed by atoms with E-state index in [1.165, 1.54) is 0 Å². The molecule has 1 aliphatic rings. The van der Waals surface area contributed by atoms with Crippen molar-refractivity contribution in [1.82, 2.24) is 20.3 Å². The molecular formula is C11H17ClN6O. The highest BCUT2D eigenvalue weighted by molar-refractivity contribution is 6.28. The van der Waals surface area contributed by atoms with E-state index in [2.05, 4.69) is 30.9 Å². The molecule has 7 nitrogen and oxygen atoms in total. The van der Waals surface area contributed by atoms with Crippen LogP contribution in [0.3, 0.4) is 0 Å². The summed E-state index contributed by atoms with van der Waals surface area (Å²) in [6, 6.07) is 0. The Morgan fingerprint density at radius 3 is 2.53 bits per heavy atom. The summed E-state index contributed by atoms with van der Waals surface area (Å²) in [6.07, 6.45) is 2.02. The molecule has 0 atom stereocenters. The van der Waals surface area contributed by atoms with Gasteiger partial charge in [-0.1, -0.05) is 0 Å². The maximum absolute atomic E-state index is 11.4. The number of rotatable bonds is 7. The molecular weight excluding hydrogens is 268 g/mol. The Balaban J connectivity index is 1.76. The minimum absolute atomic E-state index is 0.129. The summed E-state index contributed by atoms with van der Waals surface area (Å²) < 4.78 is 0. The van der Waals surface area contributed by atoms with E-state index < -0.39 is 0 Å². The number of amides is 1. The van der Waals surface area contributed by atoms with Crippen LogP contribution in [-0.2, 0) is 4.79 Å². The van der Waals surface area contributed by atoms with Gasteiger partial charge in [0.1, 0.15) is 0 Å². The van der Waals surface area contributed by atoms with Crippen LogP contribution in [0.15, 0.2) is 0 Å². The topological polar surface area (TPSA) is 91.8 Å². The Morgan fingerprint density at radius 2 is 1.89 bits per heavy atom. The van der Waals surface area contributed by atoms with Crippen molar-refractivity contribution in [3.8, 4) is 0 Å².